The number of hydrogen-bond donors (Lipinski definition) is 1. The molecule has 0 atom stereocenters. The molecule has 1 N–H and O–H groups in total. The predicted octanol–water partition coefficient (Wildman–Crippen LogP) is 2.31. The Bertz CT molecular complexity index is 579. The average molecular weight is 271 g/mol. The average Bonchev–Trinajstić information content (AvgIpc) is 2.51. The van der Waals surface area contributed by atoms with E-state index in [2.05, 4.69) is 29.0 Å². The van der Waals surface area contributed by atoms with Crippen LogP contribution in [0.4, 0.5) is 0 Å². The number of nitrogens with zero attached hydrogens (tertiary/aromatic N) is 2. The number of pyridine rings is 1. The van der Waals surface area contributed by atoms with Gasteiger partial charge in [-0.2, -0.15) is 0 Å². The Morgan fingerprint density at radius 3 is 2.75 bits per heavy atom. The minimum absolute atomic E-state index is 0.0177. The molecule has 4 nitrogen and oxygen atoms in total. The largest absolute Gasteiger partial charge is 0.351 e. The molecule has 1 amide bonds. The molecule has 1 aromatic carbocycles. The highest BCUT2D eigenvalue weighted by Crippen LogP contribution is 2.14. The Morgan fingerprint density at radius 2 is 2.00 bits per heavy atom. The molecule has 2 rings (SSSR count). The highest BCUT2D eigenvalue weighted by Gasteiger charge is 2.06. The second kappa shape index (κ2) is 7.01. The van der Waals surface area contributed by atoms with Gasteiger partial charge in [-0.25, -0.2) is 0 Å². The summed E-state index contributed by atoms with van der Waals surface area (Å²) in [4.78, 5) is 18.5. The number of amides is 1. The molecule has 0 saturated carbocycles. The van der Waals surface area contributed by atoms with E-state index in [1.165, 1.54) is 0 Å². The van der Waals surface area contributed by atoms with Gasteiger partial charge in [0.1, 0.15) is 0 Å². The molecule has 1 aromatic heterocycles. The summed E-state index contributed by atoms with van der Waals surface area (Å²) in [6.07, 6.45) is 3.54. The number of rotatable bonds is 6. The first-order chi connectivity index (χ1) is 9.74. The van der Waals surface area contributed by atoms with Crippen LogP contribution in [0.25, 0.3) is 10.8 Å². The monoisotopic (exact) mass is 271 g/mol. The molecular weight excluding hydrogens is 250 g/mol. The summed E-state index contributed by atoms with van der Waals surface area (Å²) < 4.78 is 0. The first-order valence-corrected chi connectivity index (χ1v) is 7.09. The Hall–Kier alpha value is -1.94. The van der Waals surface area contributed by atoms with Crippen LogP contribution in [0.15, 0.2) is 36.7 Å². The van der Waals surface area contributed by atoms with E-state index in [1.807, 2.05) is 24.3 Å². The number of hydrogen-bond acceptors (Lipinski definition) is 3. The zero-order valence-corrected chi connectivity index (χ0v) is 12.1. The SMILES string of the molecule is CCN(CC)CCNC(=O)c1ccc2cnccc2c1. The summed E-state index contributed by atoms with van der Waals surface area (Å²) in [5.74, 6) is -0.0177. The number of aromatic nitrogens is 1. The first kappa shape index (κ1) is 14.5. The van der Waals surface area contributed by atoms with Crippen molar-refractivity contribution in [3.63, 3.8) is 0 Å². The van der Waals surface area contributed by atoms with Crippen molar-refractivity contribution < 1.29 is 4.79 Å². The van der Waals surface area contributed by atoms with Crippen molar-refractivity contribution in [2.45, 2.75) is 13.8 Å². The van der Waals surface area contributed by atoms with Crippen molar-refractivity contribution in [2.75, 3.05) is 26.2 Å². The number of carbonyl (C=O) groups is 1. The summed E-state index contributed by atoms with van der Waals surface area (Å²) in [6, 6.07) is 7.60. The Labute approximate surface area is 119 Å². The lowest BCUT2D eigenvalue weighted by Crippen LogP contribution is -2.34. The molecule has 0 aliphatic rings. The van der Waals surface area contributed by atoms with Crippen molar-refractivity contribution in [2.24, 2.45) is 0 Å². The molecule has 0 unspecified atom stereocenters. The maximum Gasteiger partial charge on any atom is 0.251 e. The number of likely N-dealkylation sites (N-methyl/N-ethyl adjacent to an activating group) is 1. The van der Waals surface area contributed by atoms with Crippen LogP contribution in [0.3, 0.4) is 0 Å². The smallest absolute Gasteiger partial charge is 0.251 e. The van der Waals surface area contributed by atoms with Crippen molar-refractivity contribution in [3.05, 3.63) is 42.2 Å². The molecule has 0 saturated heterocycles. The molecule has 0 aliphatic heterocycles. The van der Waals surface area contributed by atoms with E-state index in [4.69, 9.17) is 0 Å². The Balaban J connectivity index is 1.97. The van der Waals surface area contributed by atoms with E-state index < -0.39 is 0 Å². The quantitative estimate of drug-likeness (QED) is 0.877. The van der Waals surface area contributed by atoms with Crippen molar-refractivity contribution in [1.29, 1.82) is 0 Å². The lowest BCUT2D eigenvalue weighted by Gasteiger charge is -2.17. The molecule has 4 heteroatoms. The maximum atomic E-state index is 12.1. The van der Waals surface area contributed by atoms with Gasteiger partial charge >= 0.3 is 0 Å². The summed E-state index contributed by atoms with van der Waals surface area (Å²) in [5, 5.41) is 5.05. The van der Waals surface area contributed by atoms with E-state index in [0.29, 0.717) is 12.1 Å². The second-order valence-corrected chi connectivity index (χ2v) is 4.72. The predicted molar refractivity (Wildman–Crippen MR) is 81.9 cm³/mol. The molecule has 0 radical (unpaired) electrons. The molecule has 20 heavy (non-hydrogen) atoms. The third-order valence-corrected chi connectivity index (χ3v) is 3.51. The fraction of sp³-hybridized carbons (Fsp3) is 0.375. The molecule has 106 valence electrons. The summed E-state index contributed by atoms with van der Waals surface area (Å²) in [6.45, 7) is 7.83. The maximum absolute atomic E-state index is 12.1. The van der Waals surface area contributed by atoms with E-state index >= 15 is 0 Å². The van der Waals surface area contributed by atoms with E-state index in [0.717, 1.165) is 30.4 Å². The minimum atomic E-state index is -0.0177. The number of benzene rings is 1. The molecule has 2 aromatic rings. The lowest BCUT2D eigenvalue weighted by molar-refractivity contribution is 0.0949. The fourth-order valence-corrected chi connectivity index (χ4v) is 2.19. The van der Waals surface area contributed by atoms with Crippen LogP contribution in [-0.2, 0) is 0 Å². The van der Waals surface area contributed by atoms with E-state index in [9.17, 15) is 4.79 Å². The van der Waals surface area contributed by atoms with Gasteiger partial charge in [0.05, 0.1) is 0 Å². The van der Waals surface area contributed by atoms with Crippen LogP contribution in [0, 0.1) is 0 Å². The van der Waals surface area contributed by atoms with E-state index in [1.54, 1.807) is 12.4 Å². The van der Waals surface area contributed by atoms with Crippen molar-refractivity contribution >= 4 is 16.7 Å². The molecule has 0 aliphatic carbocycles. The number of fused-ring (bicyclic) bond motifs is 1. The van der Waals surface area contributed by atoms with Gasteiger partial charge in [-0.3, -0.25) is 9.78 Å². The zero-order chi connectivity index (χ0) is 14.4. The van der Waals surface area contributed by atoms with Crippen LogP contribution in [0.5, 0.6) is 0 Å². The van der Waals surface area contributed by atoms with Gasteiger partial charge in [0.15, 0.2) is 0 Å². The Morgan fingerprint density at radius 1 is 1.20 bits per heavy atom. The number of carbonyl (C=O) groups excluding carboxylic acids is 1. The third-order valence-electron chi connectivity index (χ3n) is 3.51. The molecule has 0 spiro atoms. The minimum Gasteiger partial charge on any atom is -0.351 e. The third kappa shape index (κ3) is 3.54. The topological polar surface area (TPSA) is 45.2 Å². The van der Waals surface area contributed by atoms with Gasteiger partial charge in [0.25, 0.3) is 5.91 Å². The normalized spacial score (nSPS) is 10.9. The lowest BCUT2D eigenvalue weighted by atomic mass is 10.1. The highest BCUT2D eigenvalue weighted by molar-refractivity contribution is 5.98. The highest BCUT2D eigenvalue weighted by atomic mass is 16.1. The van der Waals surface area contributed by atoms with Gasteiger partial charge in [0, 0.05) is 36.4 Å². The summed E-state index contributed by atoms with van der Waals surface area (Å²) >= 11 is 0. The molecule has 0 fully saturated rings. The Kier molecular flexibility index (Phi) is 5.07. The standard InChI is InChI=1S/C16H21N3O/c1-3-19(4-2)10-9-18-16(20)14-5-6-15-12-17-8-7-13(15)11-14/h5-8,11-12H,3-4,9-10H2,1-2H3,(H,18,20). The van der Waals surface area contributed by atoms with Crippen LogP contribution in [0.1, 0.15) is 24.2 Å². The first-order valence-electron chi connectivity index (χ1n) is 7.09. The van der Waals surface area contributed by atoms with Crippen molar-refractivity contribution in [1.82, 2.24) is 15.2 Å². The van der Waals surface area contributed by atoms with Gasteiger partial charge in [-0.1, -0.05) is 19.9 Å². The van der Waals surface area contributed by atoms with Crippen LogP contribution < -0.4 is 5.32 Å². The summed E-state index contributed by atoms with van der Waals surface area (Å²) in [7, 11) is 0. The fourth-order valence-electron chi connectivity index (χ4n) is 2.19. The van der Waals surface area contributed by atoms with Gasteiger partial charge in [-0.15, -0.1) is 0 Å². The number of nitrogens with one attached hydrogen (secondary N) is 1. The molecular formula is C16H21N3O. The van der Waals surface area contributed by atoms with E-state index in [-0.39, 0.29) is 5.91 Å². The van der Waals surface area contributed by atoms with Gasteiger partial charge < -0.3 is 10.2 Å². The summed E-state index contributed by atoms with van der Waals surface area (Å²) in [5.41, 5.74) is 0.697. The van der Waals surface area contributed by atoms with Gasteiger partial charge in [-0.05, 0) is 36.7 Å². The van der Waals surface area contributed by atoms with Crippen molar-refractivity contribution in [3.8, 4) is 0 Å². The zero-order valence-electron chi connectivity index (χ0n) is 12.1. The second-order valence-electron chi connectivity index (χ2n) is 4.72. The van der Waals surface area contributed by atoms with Crippen LogP contribution in [-0.4, -0.2) is 42.0 Å². The molecule has 1 heterocycles. The van der Waals surface area contributed by atoms with Crippen LogP contribution >= 0.6 is 0 Å². The van der Waals surface area contributed by atoms with Gasteiger partial charge in [0.2, 0.25) is 0 Å². The molecule has 0 bridgehead atoms. The van der Waals surface area contributed by atoms with Crippen LogP contribution in [0.2, 0.25) is 0 Å².